The fourth-order valence-corrected chi connectivity index (χ4v) is 4.04. The topological polar surface area (TPSA) is 61.4 Å². The molecule has 152 valence electrons. The molecule has 28 heavy (non-hydrogen) atoms. The first-order chi connectivity index (χ1) is 13.1. The van der Waals surface area contributed by atoms with E-state index in [4.69, 9.17) is 12.2 Å². The van der Waals surface area contributed by atoms with Crippen LogP contribution in [0.15, 0.2) is 53.4 Å². The molecule has 5 nitrogen and oxygen atoms in total. The van der Waals surface area contributed by atoms with Gasteiger partial charge in [-0.15, -0.1) is 0 Å². The van der Waals surface area contributed by atoms with Crippen molar-refractivity contribution in [1.82, 2.24) is 9.62 Å². The second-order valence-electron chi connectivity index (χ2n) is 7.23. The van der Waals surface area contributed by atoms with Gasteiger partial charge in [-0.3, -0.25) is 0 Å². The van der Waals surface area contributed by atoms with Crippen molar-refractivity contribution in [2.75, 3.05) is 19.4 Å². The van der Waals surface area contributed by atoms with E-state index >= 15 is 0 Å². The smallest absolute Gasteiger partial charge is 0.242 e. The number of anilines is 1. The molecule has 0 spiro atoms. The zero-order valence-electron chi connectivity index (χ0n) is 17.1. The minimum Gasteiger partial charge on any atom is -0.355 e. The van der Waals surface area contributed by atoms with Gasteiger partial charge in [-0.1, -0.05) is 51.1 Å². The first-order valence-corrected chi connectivity index (χ1v) is 11.2. The van der Waals surface area contributed by atoms with E-state index in [1.54, 1.807) is 24.3 Å². The van der Waals surface area contributed by atoms with Gasteiger partial charge < -0.3 is 10.6 Å². The van der Waals surface area contributed by atoms with Gasteiger partial charge >= 0.3 is 0 Å². The number of aryl methyl sites for hydroxylation is 1. The predicted molar refractivity (Wildman–Crippen MR) is 120 cm³/mol. The van der Waals surface area contributed by atoms with Gasteiger partial charge in [-0.2, -0.15) is 0 Å². The van der Waals surface area contributed by atoms with Crippen LogP contribution >= 0.6 is 12.2 Å². The second kappa shape index (κ2) is 9.49. The maximum Gasteiger partial charge on any atom is 0.242 e. The van der Waals surface area contributed by atoms with E-state index in [2.05, 4.69) is 55.7 Å². The van der Waals surface area contributed by atoms with E-state index in [0.717, 1.165) is 6.42 Å². The molecule has 7 heteroatoms. The van der Waals surface area contributed by atoms with E-state index in [1.165, 1.54) is 29.5 Å². The van der Waals surface area contributed by atoms with Gasteiger partial charge in [-0.25, -0.2) is 12.7 Å². The van der Waals surface area contributed by atoms with Crippen molar-refractivity contribution in [2.45, 2.75) is 38.1 Å². The van der Waals surface area contributed by atoms with Gasteiger partial charge in [0.15, 0.2) is 5.11 Å². The fraction of sp³-hybridized carbons (Fsp3) is 0.381. The number of sulfonamides is 1. The third kappa shape index (κ3) is 5.53. The molecule has 0 aliphatic heterocycles. The van der Waals surface area contributed by atoms with Crippen molar-refractivity contribution >= 4 is 33.0 Å². The number of rotatable bonds is 7. The molecule has 0 aromatic heterocycles. The molecule has 2 aromatic carbocycles. The summed E-state index contributed by atoms with van der Waals surface area (Å²) in [6, 6.07) is 15.2. The Balaban J connectivity index is 2.15. The maximum atomic E-state index is 12.3. The third-order valence-corrected chi connectivity index (χ3v) is 6.60. The first kappa shape index (κ1) is 22.3. The summed E-state index contributed by atoms with van der Waals surface area (Å²) in [5, 5.41) is 6.92. The lowest BCUT2D eigenvalue weighted by Crippen LogP contribution is -2.35. The van der Waals surface area contributed by atoms with E-state index in [-0.39, 0.29) is 10.9 Å². The van der Waals surface area contributed by atoms with Gasteiger partial charge in [0.05, 0.1) is 10.9 Å². The van der Waals surface area contributed by atoms with Crippen LogP contribution in [0.4, 0.5) is 5.69 Å². The highest BCUT2D eigenvalue weighted by atomic mass is 32.2. The Bertz CT molecular complexity index is 908. The minimum absolute atomic E-state index is 0.0552. The number of hydrogen-bond donors (Lipinski definition) is 2. The Morgan fingerprint density at radius 3 is 2.29 bits per heavy atom. The molecule has 2 aromatic rings. The summed E-state index contributed by atoms with van der Waals surface area (Å²) in [5.41, 5.74) is 3.09. The van der Waals surface area contributed by atoms with E-state index in [9.17, 15) is 8.42 Å². The molecule has 0 saturated carbocycles. The minimum atomic E-state index is -3.49. The maximum absolute atomic E-state index is 12.3. The van der Waals surface area contributed by atoms with Gasteiger partial charge in [0.2, 0.25) is 10.0 Å². The van der Waals surface area contributed by atoms with Crippen molar-refractivity contribution in [3.63, 3.8) is 0 Å². The van der Waals surface area contributed by atoms with Gasteiger partial charge in [0.25, 0.3) is 0 Å². The average molecular weight is 420 g/mol. The Labute approximate surface area is 174 Å². The van der Waals surface area contributed by atoms with Crippen molar-refractivity contribution in [3.8, 4) is 0 Å². The SMILES string of the molecule is CCc1ccc([C@H](NC(=S)Nc2cccc(S(=O)(=O)N(C)C)c2)C(C)C)cc1. The summed E-state index contributed by atoms with van der Waals surface area (Å²) in [6.45, 7) is 6.41. The van der Waals surface area contributed by atoms with Crippen LogP contribution in [0.2, 0.25) is 0 Å². The quantitative estimate of drug-likeness (QED) is 0.659. The summed E-state index contributed by atoms with van der Waals surface area (Å²) in [4.78, 5) is 0.223. The number of hydrogen-bond acceptors (Lipinski definition) is 3. The molecule has 0 radical (unpaired) electrons. The highest BCUT2D eigenvalue weighted by Crippen LogP contribution is 2.23. The molecule has 0 bridgehead atoms. The second-order valence-corrected chi connectivity index (χ2v) is 9.79. The standard InChI is InChI=1S/C21H29N3O2S2/c1-6-16-10-12-17(13-11-16)20(15(2)3)23-21(27)22-18-8-7-9-19(14-18)28(25,26)24(4)5/h7-15,20H,6H2,1-5H3,(H2,22,23,27)/t20-/m1/s1. The van der Waals surface area contributed by atoms with Crippen LogP contribution in [0.5, 0.6) is 0 Å². The van der Waals surface area contributed by atoms with Crippen molar-refractivity contribution in [3.05, 3.63) is 59.7 Å². The zero-order valence-corrected chi connectivity index (χ0v) is 18.7. The first-order valence-electron chi connectivity index (χ1n) is 9.34. The van der Waals surface area contributed by atoms with Crippen LogP contribution in [0.1, 0.15) is 37.9 Å². The molecule has 0 fully saturated rings. The van der Waals surface area contributed by atoms with Crippen LogP contribution in [0, 0.1) is 5.92 Å². The van der Waals surface area contributed by atoms with Crippen molar-refractivity contribution in [1.29, 1.82) is 0 Å². The summed E-state index contributed by atoms with van der Waals surface area (Å²) in [7, 11) is -0.467. The molecule has 1 atom stereocenters. The predicted octanol–water partition coefficient (Wildman–Crippen LogP) is 4.18. The fourth-order valence-electron chi connectivity index (χ4n) is 2.85. The molecule has 0 amide bonds. The Kier molecular flexibility index (Phi) is 7.57. The number of benzene rings is 2. The van der Waals surface area contributed by atoms with E-state index in [1.807, 2.05) is 0 Å². The van der Waals surface area contributed by atoms with Crippen LogP contribution < -0.4 is 10.6 Å². The zero-order chi connectivity index (χ0) is 20.9. The molecular weight excluding hydrogens is 390 g/mol. The molecule has 0 aliphatic carbocycles. The van der Waals surface area contributed by atoms with E-state index < -0.39 is 10.0 Å². The van der Waals surface area contributed by atoms with Gasteiger partial charge in [0.1, 0.15) is 0 Å². The monoisotopic (exact) mass is 419 g/mol. The van der Waals surface area contributed by atoms with Crippen LogP contribution in [0.3, 0.4) is 0 Å². The lowest BCUT2D eigenvalue weighted by atomic mass is 9.95. The van der Waals surface area contributed by atoms with Crippen LogP contribution in [0.25, 0.3) is 0 Å². The highest BCUT2D eigenvalue weighted by Gasteiger charge is 2.19. The molecule has 0 unspecified atom stereocenters. The normalized spacial score (nSPS) is 12.8. The average Bonchev–Trinajstić information content (AvgIpc) is 2.66. The summed E-state index contributed by atoms with van der Waals surface area (Å²) in [5.74, 6) is 0.327. The van der Waals surface area contributed by atoms with Gasteiger partial charge in [-0.05, 0) is 53.9 Å². The number of nitrogens with zero attached hydrogens (tertiary/aromatic N) is 1. The van der Waals surface area contributed by atoms with Crippen molar-refractivity contribution in [2.24, 2.45) is 5.92 Å². The summed E-state index contributed by atoms with van der Waals surface area (Å²) >= 11 is 5.49. The number of thiocarbonyl (C=S) groups is 1. The number of nitrogens with one attached hydrogen (secondary N) is 2. The van der Waals surface area contributed by atoms with E-state index in [0.29, 0.717) is 16.7 Å². The van der Waals surface area contributed by atoms with Crippen molar-refractivity contribution < 1.29 is 8.42 Å². The van der Waals surface area contributed by atoms with Crippen LogP contribution in [-0.2, 0) is 16.4 Å². The summed E-state index contributed by atoms with van der Waals surface area (Å²) in [6.07, 6.45) is 1.01. The Hall–Kier alpha value is -1.96. The molecule has 2 N–H and O–H groups in total. The summed E-state index contributed by atoms with van der Waals surface area (Å²) < 4.78 is 25.8. The molecule has 0 heterocycles. The third-order valence-electron chi connectivity index (χ3n) is 4.57. The molecule has 0 aliphatic rings. The Morgan fingerprint density at radius 1 is 1.11 bits per heavy atom. The highest BCUT2D eigenvalue weighted by molar-refractivity contribution is 7.89. The van der Waals surface area contributed by atoms with Gasteiger partial charge in [0, 0.05) is 19.8 Å². The van der Waals surface area contributed by atoms with Crippen LogP contribution in [-0.4, -0.2) is 31.9 Å². The Morgan fingerprint density at radius 2 is 1.75 bits per heavy atom. The lowest BCUT2D eigenvalue weighted by molar-refractivity contribution is 0.473. The molecule has 2 rings (SSSR count). The largest absolute Gasteiger partial charge is 0.355 e. The lowest BCUT2D eigenvalue weighted by Gasteiger charge is -2.25. The molecule has 0 saturated heterocycles. The molecular formula is C21H29N3O2S2.